The summed E-state index contributed by atoms with van der Waals surface area (Å²) < 4.78 is 39.5. The molecule has 1 fully saturated rings. The fourth-order valence-corrected chi connectivity index (χ4v) is 8.21. The van der Waals surface area contributed by atoms with E-state index in [1.54, 1.807) is 0 Å². The van der Waals surface area contributed by atoms with Gasteiger partial charge >= 0.3 is 29.8 Å². The summed E-state index contributed by atoms with van der Waals surface area (Å²) in [5.41, 5.74) is -7.25. The van der Waals surface area contributed by atoms with E-state index in [0.29, 0.717) is 36.4 Å². The second kappa shape index (κ2) is 14.8. The van der Waals surface area contributed by atoms with Crippen molar-refractivity contribution in [2.24, 2.45) is 0 Å². The Morgan fingerprint density at radius 1 is 0.582 bits per heavy atom. The van der Waals surface area contributed by atoms with Gasteiger partial charge in [-0.25, -0.2) is 24.0 Å². The molecule has 348 valence electrons. The topological polar surface area (TPSA) is 430 Å². The van der Waals surface area contributed by atoms with Gasteiger partial charge in [0.05, 0.1) is 33.7 Å². The maximum atomic E-state index is 14.6. The lowest BCUT2D eigenvalue weighted by atomic mass is 9.76. The average molecular weight is 937 g/mol. The van der Waals surface area contributed by atoms with Gasteiger partial charge in [0, 0.05) is 16.7 Å². The second-order valence-corrected chi connectivity index (χ2v) is 15.3. The maximum absolute atomic E-state index is 14.6. The number of phenols is 11. The highest BCUT2D eigenvalue weighted by atomic mass is 16.7. The van der Waals surface area contributed by atoms with Crippen molar-refractivity contribution in [1.29, 1.82) is 0 Å². The average Bonchev–Trinajstić information content (AvgIpc) is 3.68. The number of aliphatic hydroxyl groups is 2. The van der Waals surface area contributed by atoms with Crippen molar-refractivity contribution in [1.82, 2.24) is 0 Å². The van der Waals surface area contributed by atoms with Crippen molar-refractivity contribution in [2.75, 3.05) is 6.61 Å². The molecule has 4 heterocycles. The number of esters is 5. The predicted octanol–water partition coefficient (Wildman–Crippen LogP) is -0.422. The van der Waals surface area contributed by atoms with E-state index >= 15 is 0 Å². The van der Waals surface area contributed by atoms with Gasteiger partial charge in [-0.15, -0.1) is 0 Å². The highest BCUT2D eigenvalue weighted by molar-refractivity contribution is 6.09. The summed E-state index contributed by atoms with van der Waals surface area (Å²) in [7, 11) is 0. The fraction of sp³-hybridized carbons (Fsp3) is 0.220. The molecule has 4 aliphatic heterocycles. The van der Waals surface area contributed by atoms with Gasteiger partial charge in [-0.1, -0.05) is 0 Å². The van der Waals surface area contributed by atoms with Crippen LogP contribution in [0.3, 0.4) is 0 Å². The Morgan fingerprint density at radius 3 is 1.72 bits per heavy atom. The SMILES string of the molecule is O=C1OC2C3OC(=O)c4cc(O)c(O)c(O)c4-c4c(cc(O)c(O)c4O)C(=O)OCC3OC(OC(=O)c3cc(O)c(O)c4c3C3C1=CC(=O)C(O)(O)C3O4)C2OC(=O)c1cc(O)c(O)c(O)c1. The Morgan fingerprint density at radius 2 is 1.10 bits per heavy atom. The third kappa shape index (κ3) is 6.44. The van der Waals surface area contributed by atoms with E-state index in [0.717, 1.165) is 0 Å². The highest BCUT2D eigenvalue weighted by Crippen LogP contribution is 2.57. The van der Waals surface area contributed by atoms with E-state index in [1.165, 1.54) is 0 Å². The molecular formula is C41H28O26. The van der Waals surface area contributed by atoms with Crippen molar-refractivity contribution in [2.45, 2.75) is 48.5 Å². The molecule has 26 heteroatoms. The molecule has 0 aromatic heterocycles. The van der Waals surface area contributed by atoms with Crippen molar-refractivity contribution >= 4 is 35.6 Å². The minimum absolute atomic E-state index is 0.338. The van der Waals surface area contributed by atoms with Crippen LogP contribution in [0.4, 0.5) is 0 Å². The molecule has 1 aliphatic carbocycles. The third-order valence-electron chi connectivity index (χ3n) is 11.4. The number of hydrogen-bond donors (Lipinski definition) is 13. The first kappa shape index (κ1) is 43.4. The molecule has 2 bridgehead atoms. The summed E-state index contributed by atoms with van der Waals surface area (Å²) in [6, 6.07) is 2.62. The van der Waals surface area contributed by atoms with Crippen molar-refractivity contribution in [3.63, 3.8) is 0 Å². The number of phenolic OH excluding ortho intramolecular Hbond substituents is 11. The summed E-state index contributed by atoms with van der Waals surface area (Å²) in [6.07, 6.45) is -13.9. The highest BCUT2D eigenvalue weighted by Gasteiger charge is 2.62. The Balaban J connectivity index is 1.26. The molecule has 0 spiro atoms. The van der Waals surface area contributed by atoms with Gasteiger partial charge in [0.25, 0.3) is 5.79 Å². The first-order valence-electron chi connectivity index (χ1n) is 19.0. The number of ketones is 1. The zero-order chi connectivity index (χ0) is 48.5. The van der Waals surface area contributed by atoms with Crippen LogP contribution >= 0.6 is 0 Å². The van der Waals surface area contributed by atoms with Gasteiger partial charge in [0.15, 0.2) is 70.1 Å². The lowest BCUT2D eigenvalue weighted by Crippen LogP contribution is -2.63. The molecule has 0 radical (unpaired) electrons. The molecule has 0 amide bonds. The molecule has 7 unspecified atom stereocenters. The number of fused-ring (bicyclic) bond motifs is 7. The number of cyclic esters (lactones) is 1. The minimum atomic E-state index is -3.52. The van der Waals surface area contributed by atoms with Gasteiger partial charge in [-0.3, -0.25) is 4.79 Å². The summed E-state index contributed by atoms with van der Waals surface area (Å²) in [5, 5.41) is 138. The van der Waals surface area contributed by atoms with E-state index in [4.69, 9.17) is 33.2 Å². The van der Waals surface area contributed by atoms with Crippen LogP contribution < -0.4 is 4.74 Å². The molecule has 1 saturated heterocycles. The minimum Gasteiger partial charge on any atom is -0.504 e. The Bertz CT molecular complexity index is 2960. The van der Waals surface area contributed by atoms with E-state index in [2.05, 4.69) is 0 Å². The molecule has 26 nitrogen and oxygen atoms in total. The van der Waals surface area contributed by atoms with Crippen LogP contribution in [0.5, 0.6) is 69.0 Å². The number of benzene rings is 4. The van der Waals surface area contributed by atoms with Crippen molar-refractivity contribution in [3.8, 4) is 80.1 Å². The van der Waals surface area contributed by atoms with Crippen LogP contribution in [0.15, 0.2) is 42.0 Å². The van der Waals surface area contributed by atoms with E-state index in [1.807, 2.05) is 0 Å². The number of ether oxygens (including phenoxy) is 7. The Hall–Kier alpha value is -8.88. The van der Waals surface area contributed by atoms with E-state index in [-0.39, 0.29) is 0 Å². The van der Waals surface area contributed by atoms with Gasteiger partial charge < -0.3 is 99.5 Å². The fourth-order valence-electron chi connectivity index (χ4n) is 8.21. The first-order valence-corrected chi connectivity index (χ1v) is 19.0. The molecule has 4 aromatic rings. The Labute approximate surface area is 368 Å². The molecule has 5 aliphatic rings. The van der Waals surface area contributed by atoms with Crippen LogP contribution in [-0.4, -0.2) is 151 Å². The lowest BCUT2D eigenvalue weighted by molar-refractivity contribution is -0.286. The molecule has 4 aromatic carbocycles. The number of carbonyl (C=O) groups excluding carboxylic acids is 6. The lowest BCUT2D eigenvalue weighted by Gasteiger charge is -2.44. The van der Waals surface area contributed by atoms with Gasteiger partial charge in [0.2, 0.25) is 35.4 Å². The second-order valence-electron chi connectivity index (χ2n) is 15.3. The summed E-state index contributed by atoms with van der Waals surface area (Å²) in [5.74, 6) is -29.9. The van der Waals surface area contributed by atoms with Gasteiger partial charge in [0.1, 0.15) is 12.7 Å². The van der Waals surface area contributed by atoms with Crippen LogP contribution in [-0.2, 0) is 38.0 Å². The quantitative estimate of drug-likeness (QED) is 0.0525. The summed E-state index contributed by atoms with van der Waals surface area (Å²) >= 11 is 0. The Kier molecular flexibility index (Phi) is 9.60. The van der Waals surface area contributed by atoms with Crippen LogP contribution in [0.25, 0.3) is 11.1 Å². The zero-order valence-corrected chi connectivity index (χ0v) is 32.8. The molecule has 7 atom stereocenters. The monoisotopic (exact) mass is 936 g/mol. The largest absolute Gasteiger partial charge is 0.504 e. The smallest absolute Gasteiger partial charge is 0.341 e. The summed E-state index contributed by atoms with van der Waals surface area (Å²) in [6.45, 7) is -1.22. The van der Waals surface area contributed by atoms with E-state index in [9.17, 15) is 95.2 Å². The van der Waals surface area contributed by atoms with Gasteiger partial charge in [-0.05, 0) is 36.4 Å². The van der Waals surface area contributed by atoms with Gasteiger partial charge in [-0.2, -0.15) is 0 Å². The molecule has 13 N–H and O–H groups in total. The zero-order valence-electron chi connectivity index (χ0n) is 32.8. The molecule has 9 rings (SSSR count). The van der Waals surface area contributed by atoms with Crippen molar-refractivity contribution in [3.05, 3.63) is 69.8 Å². The number of hydrogen-bond acceptors (Lipinski definition) is 26. The normalized spacial score (nSPS) is 24.8. The number of rotatable bonds is 2. The van der Waals surface area contributed by atoms with Crippen LogP contribution in [0, 0.1) is 0 Å². The number of carbonyl (C=O) groups is 6. The third-order valence-corrected chi connectivity index (χ3v) is 11.4. The maximum Gasteiger partial charge on any atom is 0.341 e. The van der Waals surface area contributed by atoms with Crippen molar-refractivity contribution < 1.29 is 128 Å². The molecule has 67 heavy (non-hydrogen) atoms. The summed E-state index contributed by atoms with van der Waals surface area (Å²) in [4.78, 5) is 84.4. The van der Waals surface area contributed by atoms with Crippen LogP contribution in [0.1, 0.15) is 52.9 Å². The molecular weight excluding hydrogens is 908 g/mol. The molecule has 0 saturated carbocycles. The standard InChI is InChI=1S/C41H28O26/c42-13-1-8(2-14(43)24(13)48)35(54)66-33-32-30-18(7-61-36(55)9-3-15(44)25(49)28(52)20(9)21-10(37(56)64-30)4-16(45)26(50)29(21)53)62-40(33)67-39(58)11-5-17(46)27(51)31-22(11)23-12(38(57)65-32)6-19(47)41(59,60)34(23)63-31/h1-6,18,23,30,32-34,40,42-46,48-53,59-60H,7H2. The number of aromatic hydroxyl groups is 11. The first-order chi connectivity index (χ1) is 31.5. The predicted molar refractivity (Wildman–Crippen MR) is 203 cm³/mol. The van der Waals surface area contributed by atoms with Crippen LogP contribution in [0.2, 0.25) is 0 Å². The van der Waals surface area contributed by atoms with E-state index < -0.39 is 204 Å².